The van der Waals surface area contributed by atoms with Crippen molar-refractivity contribution >= 4 is 34.0 Å². The molecular formula is C32H36F2N6O3. The number of aromatic nitrogens is 2. The van der Waals surface area contributed by atoms with Gasteiger partial charge in [0.05, 0.1) is 11.1 Å². The number of anilines is 3. The van der Waals surface area contributed by atoms with E-state index in [2.05, 4.69) is 43.7 Å². The first kappa shape index (κ1) is 29.0. The van der Waals surface area contributed by atoms with Crippen molar-refractivity contribution in [1.29, 1.82) is 0 Å². The molecule has 0 radical (unpaired) electrons. The fourth-order valence-electron chi connectivity index (χ4n) is 5.83. The first-order valence-electron chi connectivity index (χ1n) is 14.6. The van der Waals surface area contributed by atoms with Crippen LogP contribution in [0.15, 0.2) is 54.6 Å². The molecule has 3 N–H and O–H groups in total. The van der Waals surface area contributed by atoms with Crippen molar-refractivity contribution in [3.05, 3.63) is 82.9 Å². The van der Waals surface area contributed by atoms with E-state index in [1.54, 1.807) is 12.1 Å². The van der Waals surface area contributed by atoms with Crippen molar-refractivity contribution in [3.8, 4) is 0 Å². The van der Waals surface area contributed by atoms with Gasteiger partial charge in [-0.1, -0.05) is 6.07 Å². The predicted molar refractivity (Wildman–Crippen MR) is 163 cm³/mol. The maximum atomic E-state index is 14.0. The zero-order chi connectivity index (χ0) is 29.9. The van der Waals surface area contributed by atoms with Crippen LogP contribution in [0.25, 0.3) is 10.9 Å². The Morgan fingerprint density at radius 1 is 1.00 bits per heavy atom. The quantitative estimate of drug-likeness (QED) is 0.261. The smallest absolute Gasteiger partial charge is 0.258 e. The van der Waals surface area contributed by atoms with Crippen LogP contribution >= 0.6 is 0 Å². The molecule has 1 aromatic heterocycles. The Morgan fingerprint density at radius 2 is 1.74 bits per heavy atom. The lowest BCUT2D eigenvalue weighted by Gasteiger charge is -2.34. The van der Waals surface area contributed by atoms with Crippen LogP contribution in [0.4, 0.5) is 26.0 Å². The number of fused-ring (bicyclic) bond motifs is 1. The summed E-state index contributed by atoms with van der Waals surface area (Å²) in [5.74, 6) is -1.31. The lowest BCUT2D eigenvalue weighted by Crippen LogP contribution is -2.44. The Labute approximate surface area is 249 Å². The number of rotatable bonds is 8. The van der Waals surface area contributed by atoms with E-state index in [1.165, 1.54) is 19.2 Å². The van der Waals surface area contributed by atoms with Crippen molar-refractivity contribution in [1.82, 2.24) is 15.1 Å². The van der Waals surface area contributed by atoms with E-state index in [0.717, 1.165) is 56.5 Å². The molecule has 226 valence electrons. The molecule has 0 saturated carbocycles. The third-order valence-electron chi connectivity index (χ3n) is 8.24. The fourth-order valence-corrected chi connectivity index (χ4v) is 5.83. The molecule has 0 bridgehead atoms. The molecule has 1 atom stereocenters. The number of H-pyrrole nitrogens is 1. The van der Waals surface area contributed by atoms with Gasteiger partial charge < -0.3 is 29.9 Å². The summed E-state index contributed by atoms with van der Waals surface area (Å²) in [5, 5.41) is 14.6. The highest BCUT2D eigenvalue weighted by Gasteiger charge is 2.23. The number of hydrogen-bond acceptors (Lipinski definition) is 7. The van der Waals surface area contributed by atoms with Crippen molar-refractivity contribution in [3.63, 3.8) is 0 Å². The molecule has 3 heterocycles. The molecule has 1 unspecified atom stereocenters. The minimum Gasteiger partial charge on any atom is -0.381 e. The average Bonchev–Trinajstić information content (AvgIpc) is 3.40. The SMILES string of the molecule is COC(c1cc(F)cc(F)c1)c1ccc2[nH]nc(NC(=O)c3ccc(N4CCN(C)CC4)cc3NC3CCOCC3)c2c1. The van der Waals surface area contributed by atoms with Crippen LogP contribution in [0.5, 0.6) is 0 Å². The first-order valence-corrected chi connectivity index (χ1v) is 14.6. The number of hydrogen-bond donors (Lipinski definition) is 3. The van der Waals surface area contributed by atoms with Crippen molar-refractivity contribution < 1.29 is 23.0 Å². The number of nitrogens with one attached hydrogen (secondary N) is 3. The normalized spacial score (nSPS) is 17.3. The van der Waals surface area contributed by atoms with E-state index in [-0.39, 0.29) is 11.9 Å². The highest BCUT2D eigenvalue weighted by Crippen LogP contribution is 2.32. The zero-order valence-electron chi connectivity index (χ0n) is 24.3. The fraction of sp³-hybridized carbons (Fsp3) is 0.375. The molecule has 11 heteroatoms. The van der Waals surface area contributed by atoms with Crippen molar-refractivity contribution in [2.75, 3.05) is 69.1 Å². The lowest BCUT2D eigenvalue weighted by atomic mass is 9.99. The van der Waals surface area contributed by atoms with Gasteiger partial charge in [0.25, 0.3) is 5.91 Å². The Morgan fingerprint density at radius 3 is 2.47 bits per heavy atom. The number of aromatic amines is 1. The first-order chi connectivity index (χ1) is 20.9. The monoisotopic (exact) mass is 590 g/mol. The molecule has 0 spiro atoms. The average molecular weight is 591 g/mol. The van der Waals surface area contributed by atoms with Gasteiger partial charge in [0.15, 0.2) is 5.82 Å². The largest absolute Gasteiger partial charge is 0.381 e. The Hall–Kier alpha value is -4.06. The maximum Gasteiger partial charge on any atom is 0.258 e. The summed E-state index contributed by atoms with van der Waals surface area (Å²) in [6.07, 6.45) is 1.01. The summed E-state index contributed by atoms with van der Waals surface area (Å²) in [6, 6.07) is 14.9. The molecule has 43 heavy (non-hydrogen) atoms. The lowest BCUT2D eigenvalue weighted by molar-refractivity contribution is 0.0904. The minimum absolute atomic E-state index is 0.204. The molecule has 2 fully saturated rings. The predicted octanol–water partition coefficient (Wildman–Crippen LogP) is 5.17. The van der Waals surface area contributed by atoms with Gasteiger partial charge in [0, 0.05) is 75.4 Å². The summed E-state index contributed by atoms with van der Waals surface area (Å²) < 4.78 is 39.1. The molecule has 3 aromatic carbocycles. The molecule has 6 rings (SSSR count). The van der Waals surface area contributed by atoms with Gasteiger partial charge in [-0.25, -0.2) is 8.78 Å². The number of nitrogens with zero attached hydrogens (tertiary/aromatic N) is 3. The van der Waals surface area contributed by atoms with E-state index in [1.807, 2.05) is 18.2 Å². The highest BCUT2D eigenvalue weighted by molar-refractivity contribution is 6.11. The molecule has 1 amide bonds. The third kappa shape index (κ3) is 6.48. The maximum absolute atomic E-state index is 14.0. The number of carbonyl (C=O) groups is 1. The van der Waals surface area contributed by atoms with E-state index < -0.39 is 17.7 Å². The second-order valence-corrected chi connectivity index (χ2v) is 11.2. The van der Waals surface area contributed by atoms with Gasteiger partial charge in [0.1, 0.15) is 17.7 Å². The second kappa shape index (κ2) is 12.7. The summed E-state index contributed by atoms with van der Waals surface area (Å²) >= 11 is 0. The van der Waals surface area contributed by atoms with Crippen LogP contribution in [0, 0.1) is 11.6 Å². The van der Waals surface area contributed by atoms with Gasteiger partial charge in [-0.3, -0.25) is 9.89 Å². The minimum atomic E-state index is -0.717. The van der Waals surface area contributed by atoms with Crippen LogP contribution in [0.1, 0.15) is 40.4 Å². The van der Waals surface area contributed by atoms with E-state index in [4.69, 9.17) is 9.47 Å². The van der Waals surface area contributed by atoms with E-state index in [0.29, 0.717) is 46.6 Å². The summed E-state index contributed by atoms with van der Waals surface area (Å²) in [5.41, 5.74) is 4.07. The molecule has 4 aromatic rings. The number of carbonyl (C=O) groups excluding carboxylic acids is 1. The van der Waals surface area contributed by atoms with Crippen molar-refractivity contribution in [2.45, 2.75) is 25.0 Å². The van der Waals surface area contributed by atoms with E-state index in [9.17, 15) is 13.6 Å². The van der Waals surface area contributed by atoms with Crippen molar-refractivity contribution in [2.24, 2.45) is 0 Å². The number of ether oxygens (including phenoxy) is 2. The molecule has 2 aliphatic rings. The Balaban J connectivity index is 1.28. The molecule has 2 aliphatic heterocycles. The second-order valence-electron chi connectivity index (χ2n) is 11.2. The molecule has 0 aliphatic carbocycles. The number of likely N-dealkylation sites (N-methyl/N-ethyl adjacent to an activating group) is 1. The zero-order valence-corrected chi connectivity index (χ0v) is 24.3. The number of piperazine rings is 1. The number of benzene rings is 3. The van der Waals surface area contributed by atoms with Crippen LogP contribution in [0.3, 0.4) is 0 Å². The Bertz CT molecular complexity index is 1580. The van der Waals surface area contributed by atoms with Gasteiger partial charge in [-0.15, -0.1) is 0 Å². The van der Waals surface area contributed by atoms with Crippen LogP contribution < -0.4 is 15.5 Å². The molecule has 2 saturated heterocycles. The number of methoxy groups -OCH3 is 1. The van der Waals surface area contributed by atoms with Gasteiger partial charge >= 0.3 is 0 Å². The summed E-state index contributed by atoms with van der Waals surface area (Å²) in [6.45, 7) is 5.18. The van der Waals surface area contributed by atoms with Crippen LogP contribution in [0.2, 0.25) is 0 Å². The topological polar surface area (TPSA) is 94.7 Å². The number of halogens is 2. The van der Waals surface area contributed by atoms with Gasteiger partial charge in [-0.05, 0) is 73.5 Å². The standard InChI is InChI=1S/C32H36F2N6O3/c1-39-9-11-40(12-10-39)25-4-5-26(29(19-25)35-24-7-13-43-14-8-24)32(41)36-31-27-17-20(3-6-28(27)37-38-31)30(42-2)21-15-22(33)18-23(34)16-21/h3-6,15-19,24,30,35H,7-14H2,1-2H3,(H2,36,37,38,41). The van der Waals surface area contributed by atoms with Gasteiger partial charge in [0.2, 0.25) is 0 Å². The van der Waals surface area contributed by atoms with Gasteiger partial charge in [-0.2, -0.15) is 5.10 Å². The summed E-state index contributed by atoms with van der Waals surface area (Å²) in [4.78, 5) is 18.4. The molecular weight excluding hydrogens is 554 g/mol. The third-order valence-corrected chi connectivity index (χ3v) is 8.24. The van der Waals surface area contributed by atoms with Crippen LogP contribution in [-0.4, -0.2) is 80.6 Å². The van der Waals surface area contributed by atoms with Crippen LogP contribution in [-0.2, 0) is 9.47 Å². The molecule has 9 nitrogen and oxygen atoms in total. The highest BCUT2D eigenvalue weighted by atomic mass is 19.1. The summed E-state index contributed by atoms with van der Waals surface area (Å²) in [7, 11) is 3.61. The number of amides is 1. The Kier molecular flexibility index (Phi) is 8.55. The van der Waals surface area contributed by atoms with E-state index >= 15 is 0 Å².